The number of amides is 3. The van der Waals surface area contributed by atoms with Crippen LogP contribution in [0.5, 0.6) is 5.75 Å². The number of carbonyl (C=O) groups is 4. The average molecular weight is 566 g/mol. The van der Waals surface area contributed by atoms with Gasteiger partial charge in [-0.05, 0) is 68.4 Å². The predicted molar refractivity (Wildman–Crippen MR) is 149 cm³/mol. The van der Waals surface area contributed by atoms with Crippen molar-refractivity contribution in [2.24, 2.45) is 16.5 Å². The highest BCUT2D eigenvalue weighted by molar-refractivity contribution is 7.98. The molecular formula is C25H39N7O6S. The van der Waals surface area contributed by atoms with E-state index in [1.165, 1.54) is 23.9 Å². The highest BCUT2D eigenvalue weighted by Gasteiger charge is 2.31. The van der Waals surface area contributed by atoms with E-state index >= 15 is 0 Å². The zero-order chi connectivity index (χ0) is 28.8. The van der Waals surface area contributed by atoms with Crippen molar-refractivity contribution in [2.45, 2.75) is 62.7 Å². The number of carbonyl (C=O) groups excluding carboxylic acids is 3. The summed E-state index contributed by atoms with van der Waals surface area (Å²) >= 11 is 1.45. The fourth-order valence-corrected chi connectivity index (χ4v) is 4.54. The number of benzene rings is 1. The van der Waals surface area contributed by atoms with Crippen LogP contribution >= 0.6 is 11.8 Å². The molecule has 0 radical (unpaired) electrons. The molecule has 1 aromatic rings. The summed E-state index contributed by atoms with van der Waals surface area (Å²) in [6.07, 6.45) is 4.16. The number of hydrogen-bond acceptors (Lipinski definition) is 8. The third-order valence-corrected chi connectivity index (χ3v) is 6.83. The molecule has 1 fully saturated rings. The van der Waals surface area contributed by atoms with Gasteiger partial charge >= 0.3 is 5.97 Å². The number of phenols is 1. The molecular weight excluding hydrogens is 526 g/mol. The third-order valence-electron chi connectivity index (χ3n) is 6.19. The molecule has 0 spiro atoms. The van der Waals surface area contributed by atoms with Crippen LogP contribution in [0.1, 0.15) is 37.7 Å². The standard InChI is InChI=1S/C25H39N7O6S/c1-39-13-10-19(24(37)38)31-23(36)20(14-15-6-8-16(33)9-7-15)32-22(35)18(5-3-12-29-25(26)27)30-21(34)17-4-2-11-28-17/h6-9,17-20,28,33H,2-5,10-14H2,1H3,(H,30,34)(H,31,36)(H,32,35)(H,37,38)(H4,26,27,29). The number of nitrogens with two attached hydrogens (primary N) is 2. The van der Waals surface area contributed by atoms with E-state index in [1.807, 2.05) is 6.26 Å². The fraction of sp³-hybridized carbons (Fsp3) is 0.560. The summed E-state index contributed by atoms with van der Waals surface area (Å²) < 4.78 is 0. The first-order valence-electron chi connectivity index (χ1n) is 12.8. The molecule has 1 saturated heterocycles. The summed E-state index contributed by atoms with van der Waals surface area (Å²) in [5.41, 5.74) is 11.4. The van der Waals surface area contributed by atoms with Crippen molar-refractivity contribution in [1.29, 1.82) is 0 Å². The largest absolute Gasteiger partial charge is 0.508 e. The van der Waals surface area contributed by atoms with Gasteiger partial charge in [-0.3, -0.25) is 19.4 Å². The average Bonchev–Trinajstić information content (AvgIpc) is 3.44. The number of thioether (sulfide) groups is 1. The lowest BCUT2D eigenvalue weighted by Crippen LogP contribution is -2.57. The normalized spacial score (nSPS) is 16.9. The van der Waals surface area contributed by atoms with Gasteiger partial charge in [0.05, 0.1) is 6.04 Å². The van der Waals surface area contributed by atoms with E-state index in [4.69, 9.17) is 11.5 Å². The van der Waals surface area contributed by atoms with Crippen LogP contribution in [0.2, 0.25) is 0 Å². The van der Waals surface area contributed by atoms with Crippen LogP contribution in [0.3, 0.4) is 0 Å². The zero-order valence-electron chi connectivity index (χ0n) is 22.0. The molecule has 39 heavy (non-hydrogen) atoms. The molecule has 1 aromatic carbocycles. The second-order valence-corrected chi connectivity index (χ2v) is 10.3. The Bertz CT molecular complexity index is 997. The van der Waals surface area contributed by atoms with Crippen LogP contribution in [0, 0.1) is 0 Å². The molecule has 1 aliphatic rings. The van der Waals surface area contributed by atoms with Gasteiger partial charge in [0.15, 0.2) is 5.96 Å². The molecule has 0 saturated carbocycles. The molecule has 13 nitrogen and oxygen atoms in total. The number of rotatable bonds is 16. The van der Waals surface area contributed by atoms with E-state index in [0.717, 1.165) is 6.42 Å². The van der Waals surface area contributed by atoms with Gasteiger partial charge in [-0.15, -0.1) is 0 Å². The Balaban J connectivity index is 2.21. The molecule has 10 N–H and O–H groups in total. The Morgan fingerprint density at radius 1 is 1.05 bits per heavy atom. The number of aliphatic carboxylic acids is 1. The van der Waals surface area contributed by atoms with Crippen molar-refractivity contribution in [3.63, 3.8) is 0 Å². The first-order chi connectivity index (χ1) is 18.6. The number of nitrogens with one attached hydrogen (secondary N) is 4. The molecule has 4 unspecified atom stereocenters. The van der Waals surface area contributed by atoms with Crippen LogP contribution in [-0.4, -0.2) is 89.1 Å². The number of hydrogen-bond donors (Lipinski definition) is 8. The lowest BCUT2D eigenvalue weighted by atomic mass is 10.0. The van der Waals surface area contributed by atoms with Crippen LogP contribution in [-0.2, 0) is 25.6 Å². The number of aliphatic imine (C=N–C) groups is 1. The van der Waals surface area contributed by atoms with Gasteiger partial charge in [-0.2, -0.15) is 11.8 Å². The molecule has 2 rings (SSSR count). The maximum atomic E-state index is 13.4. The van der Waals surface area contributed by atoms with E-state index in [1.54, 1.807) is 12.1 Å². The minimum absolute atomic E-state index is 0.0333. The highest BCUT2D eigenvalue weighted by Crippen LogP contribution is 2.13. The minimum atomic E-state index is -1.18. The number of carboxylic acid groups (broad SMARTS) is 1. The molecule has 14 heteroatoms. The molecule has 4 atom stereocenters. The van der Waals surface area contributed by atoms with Crippen LogP contribution in [0.4, 0.5) is 0 Å². The van der Waals surface area contributed by atoms with Crippen molar-refractivity contribution >= 4 is 41.4 Å². The molecule has 0 aromatic heterocycles. The quantitative estimate of drug-likeness (QED) is 0.0696. The molecule has 0 bridgehead atoms. The Labute approximate surface area is 231 Å². The second-order valence-electron chi connectivity index (χ2n) is 9.27. The summed E-state index contributed by atoms with van der Waals surface area (Å²) in [6.45, 7) is 0.951. The van der Waals surface area contributed by atoms with Gasteiger partial charge in [0.25, 0.3) is 0 Å². The smallest absolute Gasteiger partial charge is 0.326 e. The molecule has 3 amide bonds. The molecule has 1 heterocycles. The maximum absolute atomic E-state index is 13.4. The van der Waals surface area contributed by atoms with Crippen molar-refractivity contribution in [3.8, 4) is 5.75 Å². The summed E-state index contributed by atoms with van der Waals surface area (Å²) in [6, 6.07) is 2.44. The second kappa shape index (κ2) is 16.4. The SMILES string of the molecule is CSCCC(NC(=O)C(Cc1ccc(O)cc1)NC(=O)C(CCCN=C(N)N)NC(=O)C1CCCN1)C(=O)O. The Hall–Kier alpha value is -3.52. The van der Waals surface area contributed by atoms with E-state index in [-0.39, 0.29) is 43.4 Å². The molecule has 216 valence electrons. The minimum Gasteiger partial charge on any atom is -0.508 e. The first kappa shape index (κ1) is 31.7. The van der Waals surface area contributed by atoms with E-state index in [0.29, 0.717) is 30.7 Å². The Morgan fingerprint density at radius 3 is 2.31 bits per heavy atom. The number of guanidine groups is 1. The monoisotopic (exact) mass is 565 g/mol. The van der Waals surface area contributed by atoms with Crippen molar-refractivity contribution in [3.05, 3.63) is 29.8 Å². The van der Waals surface area contributed by atoms with Crippen LogP contribution < -0.4 is 32.7 Å². The molecule has 0 aliphatic carbocycles. The topological polar surface area (TPSA) is 221 Å². The number of nitrogens with zero attached hydrogens (tertiary/aromatic N) is 1. The summed E-state index contributed by atoms with van der Waals surface area (Å²) in [7, 11) is 0. The fourth-order valence-electron chi connectivity index (χ4n) is 4.07. The predicted octanol–water partition coefficient (Wildman–Crippen LogP) is -0.968. The van der Waals surface area contributed by atoms with Gasteiger partial charge in [-0.1, -0.05) is 12.1 Å². The van der Waals surface area contributed by atoms with Crippen LogP contribution in [0.15, 0.2) is 29.3 Å². The highest BCUT2D eigenvalue weighted by atomic mass is 32.2. The lowest BCUT2D eigenvalue weighted by Gasteiger charge is -2.25. The maximum Gasteiger partial charge on any atom is 0.326 e. The lowest BCUT2D eigenvalue weighted by molar-refractivity contribution is -0.142. The zero-order valence-corrected chi connectivity index (χ0v) is 22.8. The van der Waals surface area contributed by atoms with E-state index < -0.39 is 42.0 Å². The first-order valence-corrected chi connectivity index (χ1v) is 14.2. The summed E-state index contributed by atoms with van der Waals surface area (Å²) in [5, 5.41) is 30.2. The number of carboxylic acids is 1. The number of phenolic OH excluding ortho intramolecular Hbond substituents is 1. The Kier molecular flexibility index (Phi) is 13.4. The van der Waals surface area contributed by atoms with Gasteiger partial charge in [0.1, 0.15) is 23.9 Å². The summed E-state index contributed by atoms with van der Waals surface area (Å²) in [5.74, 6) is -2.30. The summed E-state index contributed by atoms with van der Waals surface area (Å²) in [4.78, 5) is 55.0. The van der Waals surface area contributed by atoms with E-state index in [9.17, 15) is 29.4 Å². The third kappa shape index (κ3) is 11.4. The van der Waals surface area contributed by atoms with Crippen molar-refractivity contribution in [1.82, 2.24) is 21.3 Å². The van der Waals surface area contributed by atoms with Gasteiger partial charge in [0.2, 0.25) is 17.7 Å². The van der Waals surface area contributed by atoms with Crippen molar-refractivity contribution < 1.29 is 29.4 Å². The Morgan fingerprint density at radius 2 is 1.72 bits per heavy atom. The van der Waals surface area contributed by atoms with Crippen LogP contribution in [0.25, 0.3) is 0 Å². The van der Waals surface area contributed by atoms with E-state index in [2.05, 4.69) is 26.3 Å². The number of aromatic hydroxyl groups is 1. The van der Waals surface area contributed by atoms with Gasteiger partial charge < -0.3 is 42.9 Å². The van der Waals surface area contributed by atoms with Gasteiger partial charge in [-0.25, -0.2) is 4.79 Å². The van der Waals surface area contributed by atoms with Gasteiger partial charge in [0, 0.05) is 13.0 Å². The van der Waals surface area contributed by atoms with Crippen molar-refractivity contribution in [2.75, 3.05) is 25.1 Å². The molecule has 1 aliphatic heterocycles.